The largest absolute Gasteiger partial charge is 0.304 e. The van der Waals surface area contributed by atoms with Gasteiger partial charge in [-0.05, 0) is 7.05 Å². The van der Waals surface area contributed by atoms with E-state index in [1.54, 1.807) is 0 Å². The number of sulfone groups is 1. The lowest BCUT2D eigenvalue weighted by molar-refractivity contribution is 0.172. The predicted octanol–water partition coefficient (Wildman–Crippen LogP) is -0.764. The first kappa shape index (κ1) is 9.95. The number of hydrogen-bond acceptors (Lipinski definition) is 4. The van der Waals surface area contributed by atoms with Crippen molar-refractivity contribution in [2.75, 3.05) is 45.4 Å². The second-order valence-corrected chi connectivity index (χ2v) is 5.59. The van der Waals surface area contributed by atoms with E-state index < -0.39 is 9.84 Å². The Bertz CT molecular complexity index is 230. The molecule has 1 aliphatic rings. The van der Waals surface area contributed by atoms with Gasteiger partial charge in [0.15, 0.2) is 9.84 Å². The zero-order valence-electron chi connectivity index (χ0n) is 7.65. The molecule has 0 aromatic carbocycles. The normalized spacial score (nSPS) is 22.8. The number of hydrogen-bond donors (Lipinski definition) is 0. The zero-order valence-corrected chi connectivity index (χ0v) is 8.47. The summed E-state index contributed by atoms with van der Waals surface area (Å²) in [6.07, 6.45) is 1.28. The number of likely N-dealkylation sites (N-methyl/N-ethyl adjacent to an activating group) is 1. The lowest BCUT2D eigenvalue weighted by atomic mass is 10.4. The minimum absolute atomic E-state index is 0.209. The number of piperazine rings is 1. The zero-order chi connectivity index (χ0) is 9.19. The molecule has 0 bridgehead atoms. The van der Waals surface area contributed by atoms with Crippen molar-refractivity contribution in [3.8, 4) is 0 Å². The highest BCUT2D eigenvalue weighted by atomic mass is 32.2. The molecule has 0 saturated carbocycles. The minimum Gasteiger partial charge on any atom is -0.304 e. The van der Waals surface area contributed by atoms with Crippen molar-refractivity contribution in [2.24, 2.45) is 0 Å². The van der Waals surface area contributed by atoms with Crippen molar-refractivity contribution in [3.05, 3.63) is 0 Å². The molecule has 0 radical (unpaired) electrons. The molecule has 1 rings (SSSR count). The van der Waals surface area contributed by atoms with Crippen molar-refractivity contribution in [3.63, 3.8) is 0 Å². The van der Waals surface area contributed by atoms with Gasteiger partial charge in [-0.3, -0.25) is 4.90 Å². The van der Waals surface area contributed by atoms with Gasteiger partial charge in [-0.25, -0.2) is 8.42 Å². The average Bonchev–Trinajstić information content (AvgIpc) is 1.91. The molecular formula is C7H16N2O2S. The molecule has 0 unspecified atom stereocenters. The van der Waals surface area contributed by atoms with E-state index >= 15 is 0 Å². The molecule has 0 aromatic rings. The van der Waals surface area contributed by atoms with Gasteiger partial charge in [0.1, 0.15) is 5.88 Å². The SMILES string of the molecule is CN1CCN(CS(C)(=O)=O)CC1. The van der Waals surface area contributed by atoms with Crippen LogP contribution in [0.5, 0.6) is 0 Å². The van der Waals surface area contributed by atoms with Crippen LogP contribution in [0.1, 0.15) is 0 Å². The van der Waals surface area contributed by atoms with Gasteiger partial charge in [0.2, 0.25) is 0 Å². The summed E-state index contributed by atoms with van der Waals surface area (Å²) in [6.45, 7) is 3.66. The molecule has 0 N–H and O–H groups in total. The quantitative estimate of drug-likeness (QED) is 0.576. The fourth-order valence-corrected chi connectivity index (χ4v) is 2.23. The van der Waals surface area contributed by atoms with E-state index in [1.807, 2.05) is 4.90 Å². The Labute approximate surface area is 74.1 Å². The van der Waals surface area contributed by atoms with E-state index in [2.05, 4.69) is 11.9 Å². The van der Waals surface area contributed by atoms with Crippen LogP contribution in [-0.2, 0) is 9.84 Å². The van der Waals surface area contributed by atoms with Crippen LogP contribution < -0.4 is 0 Å². The molecule has 1 fully saturated rings. The minimum atomic E-state index is -2.83. The summed E-state index contributed by atoms with van der Waals surface area (Å²) in [5, 5.41) is 0. The Morgan fingerprint density at radius 2 is 1.67 bits per heavy atom. The van der Waals surface area contributed by atoms with Crippen molar-refractivity contribution >= 4 is 9.84 Å². The van der Waals surface area contributed by atoms with E-state index in [9.17, 15) is 8.42 Å². The fraction of sp³-hybridized carbons (Fsp3) is 1.00. The maximum absolute atomic E-state index is 10.9. The molecular weight excluding hydrogens is 176 g/mol. The van der Waals surface area contributed by atoms with E-state index in [4.69, 9.17) is 0 Å². The molecule has 1 aliphatic heterocycles. The molecule has 1 saturated heterocycles. The maximum Gasteiger partial charge on any atom is 0.160 e. The Morgan fingerprint density at radius 1 is 1.17 bits per heavy atom. The second-order valence-electron chi connectivity index (χ2n) is 3.48. The van der Waals surface area contributed by atoms with Crippen LogP contribution in [0, 0.1) is 0 Å². The van der Waals surface area contributed by atoms with Gasteiger partial charge in [-0.15, -0.1) is 0 Å². The monoisotopic (exact) mass is 192 g/mol. The fourth-order valence-electron chi connectivity index (χ4n) is 1.31. The lowest BCUT2D eigenvalue weighted by Gasteiger charge is -2.31. The van der Waals surface area contributed by atoms with E-state index in [-0.39, 0.29) is 5.88 Å². The third kappa shape index (κ3) is 3.51. The van der Waals surface area contributed by atoms with Crippen LogP contribution in [0.2, 0.25) is 0 Å². The summed E-state index contributed by atoms with van der Waals surface area (Å²) in [4.78, 5) is 4.19. The Morgan fingerprint density at radius 3 is 2.08 bits per heavy atom. The summed E-state index contributed by atoms with van der Waals surface area (Å²) in [7, 11) is -0.780. The van der Waals surface area contributed by atoms with Crippen LogP contribution >= 0.6 is 0 Å². The van der Waals surface area contributed by atoms with Crippen LogP contribution in [0.15, 0.2) is 0 Å². The van der Waals surface area contributed by atoms with Gasteiger partial charge in [-0.2, -0.15) is 0 Å². The van der Waals surface area contributed by atoms with Gasteiger partial charge < -0.3 is 4.90 Å². The standard InChI is InChI=1S/C7H16N2O2S/c1-8-3-5-9(6-4-8)7-12(2,10)11/h3-7H2,1-2H3. The molecule has 5 heteroatoms. The molecule has 0 atom stereocenters. The molecule has 0 aromatic heterocycles. The molecule has 0 amide bonds. The molecule has 72 valence electrons. The van der Waals surface area contributed by atoms with E-state index in [0.717, 1.165) is 26.2 Å². The smallest absolute Gasteiger partial charge is 0.160 e. The highest BCUT2D eigenvalue weighted by Crippen LogP contribution is 2.00. The number of rotatable bonds is 2. The summed E-state index contributed by atoms with van der Waals surface area (Å²) < 4.78 is 21.9. The Kier molecular flexibility index (Phi) is 3.09. The summed E-state index contributed by atoms with van der Waals surface area (Å²) in [6, 6.07) is 0. The first-order valence-electron chi connectivity index (χ1n) is 4.06. The van der Waals surface area contributed by atoms with Crippen LogP contribution in [-0.4, -0.2) is 63.6 Å². The summed E-state index contributed by atoms with van der Waals surface area (Å²) >= 11 is 0. The van der Waals surface area contributed by atoms with Gasteiger partial charge in [0, 0.05) is 32.4 Å². The Balaban J connectivity index is 2.36. The predicted molar refractivity (Wildman–Crippen MR) is 48.8 cm³/mol. The lowest BCUT2D eigenvalue weighted by Crippen LogP contribution is -2.46. The van der Waals surface area contributed by atoms with E-state index in [0.29, 0.717) is 0 Å². The summed E-state index contributed by atoms with van der Waals surface area (Å²) in [5.41, 5.74) is 0. The van der Waals surface area contributed by atoms with Crippen LogP contribution in [0.25, 0.3) is 0 Å². The Hall–Kier alpha value is -0.130. The third-order valence-corrected chi connectivity index (χ3v) is 2.85. The summed E-state index contributed by atoms with van der Waals surface area (Å²) in [5.74, 6) is 0.209. The van der Waals surface area contributed by atoms with Crippen molar-refractivity contribution in [1.82, 2.24) is 9.80 Å². The first-order chi connectivity index (χ1) is 5.47. The maximum atomic E-state index is 10.9. The highest BCUT2D eigenvalue weighted by molar-refractivity contribution is 7.90. The molecule has 0 spiro atoms. The van der Waals surface area contributed by atoms with Crippen molar-refractivity contribution < 1.29 is 8.42 Å². The average molecular weight is 192 g/mol. The van der Waals surface area contributed by atoms with Crippen molar-refractivity contribution in [1.29, 1.82) is 0 Å². The van der Waals surface area contributed by atoms with Gasteiger partial charge in [0.25, 0.3) is 0 Å². The topological polar surface area (TPSA) is 40.6 Å². The third-order valence-electron chi connectivity index (χ3n) is 2.01. The van der Waals surface area contributed by atoms with Gasteiger partial charge in [-0.1, -0.05) is 0 Å². The van der Waals surface area contributed by atoms with Gasteiger partial charge in [0.05, 0.1) is 0 Å². The molecule has 4 nitrogen and oxygen atoms in total. The molecule has 1 heterocycles. The molecule has 12 heavy (non-hydrogen) atoms. The number of nitrogens with zero attached hydrogens (tertiary/aromatic N) is 2. The highest BCUT2D eigenvalue weighted by Gasteiger charge is 2.16. The van der Waals surface area contributed by atoms with Crippen LogP contribution in [0.3, 0.4) is 0 Å². The van der Waals surface area contributed by atoms with Gasteiger partial charge >= 0.3 is 0 Å². The van der Waals surface area contributed by atoms with E-state index in [1.165, 1.54) is 6.26 Å². The molecule has 0 aliphatic carbocycles. The van der Waals surface area contributed by atoms with Crippen LogP contribution in [0.4, 0.5) is 0 Å². The first-order valence-corrected chi connectivity index (χ1v) is 6.12. The second kappa shape index (κ2) is 3.72. The van der Waals surface area contributed by atoms with Crippen molar-refractivity contribution in [2.45, 2.75) is 0 Å².